The number of nitrogens with two attached hydrogens (primary N) is 1. The molecule has 0 atom stereocenters. The van der Waals surface area contributed by atoms with E-state index >= 15 is 0 Å². The summed E-state index contributed by atoms with van der Waals surface area (Å²) in [5.41, 5.74) is 6.44. The van der Waals surface area contributed by atoms with Crippen molar-refractivity contribution in [2.45, 2.75) is 6.42 Å². The summed E-state index contributed by atoms with van der Waals surface area (Å²) in [6, 6.07) is 3.82. The van der Waals surface area contributed by atoms with Crippen molar-refractivity contribution < 1.29 is 4.79 Å². The van der Waals surface area contributed by atoms with E-state index in [2.05, 4.69) is 15.2 Å². The van der Waals surface area contributed by atoms with E-state index in [1.165, 1.54) is 0 Å². The van der Waals surface area contributed by atoms with Gasteiger partial charge in [0.05, 0.1) is 0 Å². The molecule has 0 bridgehead atoms. The maximum Gasteiger partial charge on any atom is 0.223 e. The predicted octanol–water partition coefficient (Wildman–Crippen LogP) is 0.492. The van der Waals surface area contributed by atoms with Gasteiger partial charge in [0.1, 0.15) is 0 Å². The van der Waals surface area contributed by atoms with Crippen LogP contribution < -0.4 is 11.1 Å². The number of aromatic nitrogens is 1. The van der Waals surface area contributed by atoms with Gasteiger partial charge in [-0.25, -0.2) is 0 Å². The molecule has 0 fully saturated rings. The van der Waals surface area contributed by atoms with E-state index in [1.54, 1.807) is 12.4 Å². The van der Waals surface area contributed by atoms with E-state index in [9.17, 15) is 4.79 Å². The number of carbonyl (C=O) groups is 1. The molecule has 0 aliphatic heterocycles. The molecule has 19 heavy (non-hydrogen) atoms. The molecule has 5 nitrogen and oxygen atoms in total. The van der Waals surface area contributed by atoms with Crippen molar-refractivity contribution >= 4 is 12.0 Å². The summed E-state index contributed by atoms with van der Waals surface area (Å²) in [4.78, 5) is 17.6. The topological polar surface area (TPSA) is 71.2 Å². The maximum absolute atomic E-state index is 11.6. The van der Waals surface area contributed by atoms with E-state index in [0.717, 1.165) is 18.7 Å². The van der Waals surface area contributed by atoms with Crippen molar-refractivity contribution in [1.82, 2.24) is 15.2 Å². The Morgan fingerprint density at radius 3 is 3.05 bits per heavy atom. The Bertz CT molecular complexity index is 392. The van der Waals surface area contributed by atoms with Crippen molar-refractivity contribution in [3.05, 3.63) is 36.2 Å². The lowest BCUT2D eigenvalue weighted by Crippen LogP contribution is -2.34. The van der Waals surface area contributed by atoms with Gasteiger partial charge in [-0.2, -0.15) is 0 Å². The molecule has 1 aromatic rings. The highest BCUT2D eigenvalue weighted by molar-refractivity contribution is 5.78. The number of pyridine rings is 1. The molecule has 1 amide bonds. The SMILES string of the molecule is CN(CCN)CCNC(=O)CC=Cc1cccnc1. The van der Waals surface area contributed by atoms with E-state index in [-0.39, 0.29) is 5.91 Å². The summed E-state index contributed by atoms with van der Waals surface area (Å²) in [6.07, 6.45) is 7.61. The average Bonchev–Trinajstić information content (AvgIpc) is 2.40. The molecule has 1 rings (SSSR count). The fraction of sp³-hybridized carbons (Fsp3) is 0.429. The number of amides is 1. The second kappa shape index (κ2) is 9.24. The molecular formula is C14H22N4O. The van der Waals surface area contributed by atoms with Crippen LogP contribution in [0.5, 0.6) is 0 Å². The van der Waals surface area contributed by atoms with Crippen molar-refractivity contribution in [3.8, 4) is 0 Å². The van der Waals surface area contributed by atoms with E-state index in [1.807, 2.05) is 31.3 Å². The minimum absolute atomic E-state index is 0.0290. The molecule has 0 spiro atoms. The first-order chi connectivity index (χ1) is 9.22. The summed E-state index contributed by atoms with van der Waals surface area (Å²) < 4.78 is 0. The highest BCUT2D eigenvalue weighted by Crippen LogP contribution is 1.99. The molecule has 3 N–H and O–H groups in total. The van der Waals surface area contributed by atoms with Gasteiger partial charge < -0.3 is 16.0 Å². The summed E-state index contributed by atoms with van der Waals surface area (Å²) >= 11 is 0. The Labute approximate surface area is 114 Å². The average molecular weight is 262 g/mol. The van der Waals surface area contributed by atoms with Gasteiger partial charge in [0, 0.05) is 45.0 Å². The zero-order valence-corrected chi connectivity index (χ0v) is 11.4. The van der Waals surface area contributed by atoms with Gasteiger partial charge in [-0.05, 0) is 18.7 Å². The van der Waals surface area contributed by atoms with Crippen molar-refractivity contribution in [3.63, 3.8) is 0 Å². The van der Waals surface area contributed by atoms with Crippen LogP contribution in [-0.2, 0) is 4.79 Å². The van der Waals surface area contributed by atoms with Gasteiger partial charge in [0.2, 0.25) is 5.91 Å². The third-order valence-corrected chi connectivity index (χ3v) is 2.62. The lowest BCUT2D eigenvalue weighted by atomic mass is 10.2. The fourth-order valence-electron chi connectivity index (χ4n) is 1.57. The van der Waals surface area contributed by atoms with Crippen LogP contribution in [0.15, 0.2) is 30.6 Å². The molecule has 0 aliphatic rings. The quantitative estimate of drug-likeness (QED) is 0.715. The minimum atomic E-state index is 0.0290. The minimum Gasteiger partial charge on any atom is -0.355 e. The molecule has 0 unspecified atom stereocenters. The van der Waals surface area contributed by atoms with Crippen LogP contribution in [0.25, 0.3) is 6.08 Å². The highest BCUT2D eigenvalue weighted by Gasteiger charge is 1.99. The first kappa shape index (κ1) is 15.3. The number of carbonyl (C=O) groups excluding carboxylic acids is 1. The Kier molecular flexibility index (Phi) is 7.46. The van der Waals surface area contributed by atoms with Crippen molar-refractivity contribution in [2.75, 3.05) is 33.2 Å². The molecule has 0 aliphatic carbocycles. The molecule has 1 heterocycles. The van der Waals surface area contributed by atoms with Gasteiger partial charge in [-0.1, -0.05) is 18.2 Å². The molecule has 0 saturated carbocycles. The number of nitrogens with zero attached hydrogens (tertiary/aromatic N) is 2. The van der Waals surface area contributed by atoms with Crippen LogP contribution in [0.4, 0.5) is 0 Å². The largest absolute Gasteiger partial charge is 0.355 e. The summed E-state index contributed by atoms with van der Waals surface area (Å²) in [5.74, 6) is 0.0290. The zero-order chi connectivity index (χ0) is 13.9. The first-order valence-electron chi connectivity index (χ1n) is 6.44. The second-order valence-electron chi connectivity index (χ2n) is 4.33. The molecule has 0 radical (unpaired) electrons. The number of rotatable bonds is 8. The highest BCUT2D eigenvalue weighted by atomic mass is 16.1. The number of hydrogen-bond acceptors (Lipinski definition) is 4. The number of likely N-dealkylation sites (N-methyl/N-ethyl adjacent to an activating group) is 1. The van der Waals surface area contributed by atoms with Gasteiger partial charge in [-0.3, -0.25) is 9.78 Å². The standard InChI is InChI=1S/C14H22N4O/c1-18(10-7-15)11-9-17-14(19)6-2-4-13-5-3-8-16-12-13/h2-5,8,12H,6-7,9-11,15H2,1H3,(H,17,19). The molecule has 104 valence electrons. The number of hydrogen-bond donors (Lipinski definition) is 2. The van der Waals surface area contributed by atoms with Gasteiger partial charge in [-0.15, -0.1) is 0 Å². The van der Waals surface area contributed by atoms with Crippen molar-refractivity contribution in [2.24, 2.45) is 5.73 Å². The van der Waals surface area contributed by atoms with Crippen LogP contribution in [-0.4, -0.2) is 49.0 Å². The summed E-state index contributed by atoms with van der Waals surface area (Å²) in [6.45, 7) is 2.94. The normalized spacial score (nSPS) is 11.1. The molecule has 5 heteroatoms. The Morgan fingerprint density at radius 1 is 1.53 bits per heavy atom. The Morgan fingerprint density at radius 2 is 2.37 bits per heavy atom. The van der Waals surface area contributed by atoms with E-state index < -0.39 is 0 Å². The monoisotopic (exact) mass is 262 g/mol. The zero-order valence-electron chi connectivity index (χ0n) is 11.4. The Balaban J connectivity index is 2.16. The van der Waals surface area contributed by atoms with Crippen LogP contribution in [0.1, 0.15) is 12.0 Å². The lowest BCUT2D eigenvalue weighted by Gasteiger charge is -2.15. The molecular weight excluding hydrogens is 240 g/mol. The summed E-state index contributed by atoms with van der Waals surface area (Å²) in [7, 11) is 1.99. The lowest BCUT2D eigenvalue weighted by molar-refractivity contribution is -0.120. The van der Waals surface area contributed by atoms with Crippen LogP contribution in [0.3, 0.4) is 0 Å². The van der Waals surface area contributed by atoms with Crippen molar-refractivity contribution in [1.29, 1.82) is 0 Å². The van der Waals surface area contributed by atoms with Crippen LogP contribution in [0, 0.1) is 0 Å². The van der Waals surface area contributed by atoms with Crippen LogP contribution >= 0.6 is 0 Å². The summed E-state index contributed by atoms with van der Waals surface area (Å²) in [5, 5.41) is 2.87. The molecule has 1 aromatic heterocycles. The molecule has 0 saturated heterocycles. The van der Waals surface area contributed by atoms with Gasteiger partial charge in [0.25, 0.3) is 0 Å². The van der Waals surface area contributed by atoms with Gasteiger partial charge in [0.15, 0.2) is 0 Å². The predicted molar refractivity (Wildman–Crippen MR) is 77.4 cm³/mol. The van der Waals surface area contributed by atoms with Gasteiger partial charge >= 0.3 is 0 Å². The Hall–Kier alpha value is -1.72. The van der Waals surface area contributed by atoms with Crippen LogP contribution in [0.2, 0.25) is 0 Å². The number of nitrogens with one attached hydrogen (secondary N) is 1. The second-order valence-corrected chi connectivity index (χ2v) is 4.33. The first-order valence-corrected chi connectivity index (χ1v) is 6.44. The smallest absolute Gasteiger partial charge is 0.223 e. The third kappa shape index (κ3) is 7.33. The molecule has 0 aromatic carbocycles. The maximum atomic E-state index is 11.6. The third-order valence-electron chi connectivity index (χ3n) is 2.62. The van der Waals surface area contributed by atoms with E-state index in [0.29, 0.717) is 19.5 Å². The van der Waals surface area contributed by atoms with E-state index in [4.69, 9.17) is 5.73 Å². The fourth-order valence-corrected chi connectivity index (χ4v) is 1.57.